The Morgan fingerprint density at radius 3 is 2.62 bits per heavy atom. The number of nitrogens with two attached hydrogens (primary N) is 1. The number of aliphatic hydroxyl groups is 3. The molecule has 0 spiro atoms. The van der Waals surface area contributed by atoms with E-state index in [9.17, 15) is 19.8 Å². The van der Waals surface area contributed by atoms with E-state index in [0.717, 1.165) is 4.57 Å². The Morgan fingerprint density at radius 1 is 1.29 bits per heavy atom. The summed E-state index contributed by atoms with van der Waals surface area (Å²) in [5.41, 5.74) is 3.77. The number of ether oxygens (including phenoxy) is 1. The molecule has 0 unspecified atom stereocenters. The van der Waals surface area contributed by atoms with Crippen LogP contribution in [0.5, 0.6) is 0 Å². The lowest BCUT2D eigenvalue weighted by Gasteiger charge is -2.15. The van der Waals surface area contributed by atoms with Gasteiger partial charge in [0.1, 0.15) is 18.3 Å². The first-order valence-electron chi connectivity index (χ1n) is 6.06. The van der Waals surface area contributed by atoms with E-state index in [1.807, 2.05) is 0 Å². The van der Waals surface area contributed by atoms with Crippen LogP contribution >= 0.6 is 0 Å². The summed E-state index contributed by atoms with van der Waals surface area (Å²) >= 11 is 0. The van der Waals surface area contributed by atoms with Crippen LogP contribution in [0.1, 0.15) is 6.23 Å². The smallest absolute Gasteiger partial charge is 0.330 e. The molecule has 1 aliphatic rings. The van der Waals surface area contributed by atoms with Gasteiger partial charge in [-0.05, 0) is 0 Å². The van der Waals surface area contributed by atoms with Gasteiger partial charge in [-0.3, -0.25) is 14.8 Å². The molecule has 4 atom stereocenters. The quantitative estimate of drug-likeness (QED) is 0.332. The molecule has 114 valence electrons. The van der Waals surface area contributed by atoms with Crippen molar-refractivity contribution in [3.8, 4) is 0 Å². The van der Waals surface area contributed by atoms with E-state index >= 15 is 0 Å². The fourth-order valence-corrected chi connectivity index (χ4v) is 2.36. The summed E-state index contributed by atoms with van der Waals surface area (Å²) < 4.78 is 6.13. The first-order valence-corrected chi connectivity index (χ1v) is 6.06. The summed E-state index contributed by atoms with van der Waals surface area (Å²) in [4.78, 5) is 32.0. The van der Waals surface area contributed by atoms with E-state index in [2.05, 4.69) is 15.0 Å². The molecular weight excluding hydrogens is 286 g/mol. The van der Waals surface area contributed by atoms with Crippen LogP contribution in [-0.4, -0.2) is 59.8 Å². The average molecular weight is 299 g/mol. The maximum absolute atomic E-state index is 12.0. The molecule has 1 aliphatic heterocycles. The largest absolute Gasteiger partial charge is 0.394 e. The van der Waals surface area contributed by atoms with E-state index in [1.165, 1.54) is 0 Å². The molecule has 0 radical (unpaired) electrons. The van der Waals surface area contributed by atoms with Gasteiger partial charge in [0.25, 0.3) is 5.56 Å². The molecule has 1 fully saturated rings. The predicted molar refractivity (Wildman–Crippen MR) is 68.4 cm³/mol. The van der Waals surface area contributed by atoms with Crippen molar-refractivity contribution >= 4 is 17.1 Å². The molecule has 11 nitrogen and oxygen atoms in total. The zero-order valence-electron chi connectivity index (χ0n) is 10.6. The van der Waals surface area contributed by atoms with Gasteiger partial charge in [-0.15, -0.1) is 0 Å². The average Bonchev–Trinajstić information content (AvgIpc) is 2.89. The molecule has 7 N–H and O–H groups in total. The summed E-state index contributed by atoms with van der Waals surface area (Å²) in [6.45, 7) is -0.540. The second-order valence-electron chi connectivity index (χ2n) is 4.68. The fourth-order valence-electron chi connectivity index (χ4n) is 2.36. The summed E-state index contributed by atoms with van der Waals surface area (Å²) in [6.07, 6.45) is -5.20. The van der Waals surface area contributed by atoms with Crippen molar-refractivity contribution in [3.63, 3.8) is 0 Å². The zero-order valence-corrected chi connectivity index (χ0v) is 10.6. The molecule has 3 rings (SSSR count). The Bertz CT molecular complexity index is 793. The molecule has 0 aromatic carbocycles. The Labute approximate surface area is 115 Å². The number of anilines is 1. The van der Waals surface area contributed by atoms with Crippen molar-refractivity contribution in [1.82, 2.24) is 19.5 Å². The van der Waals surface area contributed by atoms with E-state index in [-0.39, 0.29) is 17.1 Å². The van der Waals surface area contributed by atoms with Crippen molar-refractivity contribution in [3.05, 3.63) is 20.8 Å². The highest BCUT2D eigenvalue weighted by molar-refractivity contribution is 5.70. The zero-order chi connectivity index (χ0) is 15.3. The van der Waals surface area contributed by atoms with Gasteiger partial charge in [0.05, 0.1) is 6.61 Å². The number of rotatable bonds is 2. The SMILES string of the molecule is Nc1nc2c([nH]c(=O)n2[C@H]2O[C@H](CO)[C@H](O)[C@H]2O)c(=O)[nH]1. The van der Waals surface area contributed by atoms with E-state index in [0.29, 0.717) is 0 Å². The molecule has 2 aromatic rings. The number of aromatic nitrogens is 4. The van der Waals surface area contributed by atoms with Crippen molar-refractivity contribution in [2.45, 2.75) is 24.5 Å². The van der Waals surface area contributed by atoms with Crippen LogP contribution in [0.4, 0.5) is 5.95 Å². The van der Waals surface area contributed by atoms with Gasteiger partial charge in [-0.25, -0.2) is 9.36 Å². The van der Waals surface area contributed by atoms with Crippen LogP contribution in [0.15, 0.2) is 9.59 Å². The number of imidazole rings is 1. The molecular formula is C10H13N5O6. The second kappa shape index (κ2) is 4.66. The molecule has 3 heterocycles. The molecule has 21 heavy (non-hydrogen) atoms. The highest BCUT2D eigenvalue weighted by Gasteiger charge is 2.44. The summed E-state index contributed by atoms with van der Waals surface area (Å²) in [7, 11) is 0. The predicted octanol–water partition coefficient (Wildman–Crippen LogP) is -3.39. The van der Waals surface area contributed by atoms with Crippen LogP contribution in [0.2, 0.25) is 0 Å². The minimum atomic E-state index is -1.47. The summed E-state index contributed by atoms with van der Waals surface area (Å²) in [6, 6.07) is 0. The number of nitrogen functional groups attached to an aromatic ring is 1. The van der Waals surface area contributed by atoms with Crippen molar-refractivity contribution in [1.29, 1.82) is 0 Å². The first kappa shape index (κ1) is 13.8. The van der Waals surface area contributed by atoms with Gasteiger partial charge in [0.2, 0.25) is 5.95 Å². The van der Waals surface area contributed by atoms with Gasteiger partial charge in [-0.2, -0.15) is 4.98 Å². The Hall–Kier alpha value is -2.21. The molecule has 0 amide bonds. The number of nitrogens with one attached hydrogen (secondary N) is 2. The lowest BCUT2D eigenvalue weighted by Crippen LogP contribution is -2.35. The molecule has 2 aromatic heterocycles. The van der Waals surface area contributed by atoms with Crippen LogP contribution in [0, 0.1) is 0 Å². The van der Waals surface area contributed by atoms with E-state index in [1.54, 1.807) is 0 Å². The Kier molecular flexibility index (Phi) is 3.06. The first-order chi connectivity index (χ1) is 9.93. The summed E-state index contributed by atoms with van der Waals surface area (Å²) in [5, 5.41) is 28.7. The topological polar surface area (TPSA) is 179 Å². The number of hydrogen-bond acceptors (Lipinski definition) is 8. The lowest BCUT2D eigenvalue weighted by molar-refractivity contribution is -0.0524. The number of hydrogen-bond donors (Lipinski definition) is 6. The highest BCUT2D eigenvalue weighted by atomic mass is 16.6. The third-order valence-corrected chi connectivity index (χ3v) is 3.37. The molecule has 0 saturated carbocycles. The normalized spacial score (nSPS) is 29.3. The maximum Gasteiger partial charge on any atom is 0.330 e. The van der Waals surface area contributed by atoms with Crippen molar-refractivity contribution in [2.24, 2.45) is 0 Å². The number of aromatic amines is 2. The maximum atomic E-state index is 12.0. The van der Waals surface area contributed by atoms with Gasteiger partial charge < -0.3 is 25.8 Å². The minimum absolute atomic E-state index is 0.115. The summed E-state index contributed by atoms with van der Waals surface area (Å²) in [5.74, 6) is -0.216. The van der Waals surface area contributed by atoms with Crippen LogP contribution in [-0.2, 0) is 4.74 Å². The highest BCUT2D eigenvalue weighted by Crippen LogP contribution is 2.29. The van der Waals surface area contributed by atoms with Crippen LogP contribution in [0.25, 0.3) is 11.2 Å². The van der Waals surface area contributed by atoms with Gasteiger partial charge in [0.15, 0.2) is 17.4 Å². The molecule has 1 saturated heterocycles. The Morgan fingerprint density at radius 2 is 2.00 bits per heavy atom. The van der Waals surface area contributed by atoms with Crippen molar-refractivity contribution in [2.75, 3.05) is 12.3 Å². The van der Waals surface area contributed by atoms with Crippen LogP contribution < -0.4 is 17.0 Å². The fraction of sp³-hybridized carbons (Fsp3) is 0.500. The van der Waals surface area contributed by atoms with E-state index < -0.39 is 42.4 Å². The standard InChI is InChI=1S/C10H13N5O6/c11-9-13-6-3(7(19)14-9)12-10(20)15(6)8-5(18)4(17)2(1-16)21-8/h2,4-5,8,16-18H,1H2,(H,12,20)(H3,11,13,14,19)/t2-,4+,5-,8+/m1/s1. The molecule has 0 bridgehead atoms. The molecule has 0 aliphatic carbocycles. The lowest BCUT2D eigenvalue weighted by atomic mass is 10.1. The monoisotopic (exact) mass is 299 g/mol. The third-order valence-electron chi connectivity index (χ3n) is 3.37. The number of H-pyrrole nitrogens is 2. The Balaban J connectivity index is 2.20. The van der Waals surface area contributed by atoms with Crippen LogP contribution in [0.3, 0.4) is 0 Å². The number of nitrogens with zero attached hydrogens (tertiary/aromatic N) is 2. The van der Waals surface area contributed by atoms with Gasteiger partial charge in [0, 0.05) is 0 Å². The molecule has 11 heteroatoms. The second-order valence-corrected chi connectivity index (χ2v) is 4.68. The van der Waals surface area contributed by atoms with Crippen molar-refractivity contribution < 1.29 is 20.1 Å². The number of fused-ring (bicyclic) bond motifs is 1. The minimum Gasteiger partial charge on any atom is -0.394 e. The third kappa shape index (κ3) is 1.94. The number of aliphatic hydroxyl groups excluding tert-OH is 3. The van der Waals surface area contributed by atoms with E-state index in [4.69, 9.17) is 15.6 Å². The van der Waals surface area contributed by atoms with Gasteiger partial charge >= 0.3 is 5.69 Å². The van der Waals surface area contributed by atoms with Gasteiger partial charge in [-0.1, -0.05) is 0 Å².